The summed E-state index contributed by atoms with van der Waals surface area (Å²) in [6.07, 6.45) is 3.14. The molecular formula is C27H29N3O2. The predicted molar refractivity (Wildman–Crippen MR) is 126 cm³/mol. The third-order valence-corrected chi connectivity index (χ3v) is 5.95. The number of carbonyl (C=O) groups excluding carboxylic acids is 2. The average molecular weight is 428 g/mol. The zero-order valence-corrected chi connectivity index (χ0v) is 18.5. The van der Waals surface area contributed by atoms with Crippen molar-refractivity contribution in [1.29, 1.82) is 0 Å². The van der Waals surface area contributed by atoms with Gasteiger partial charge < -0.3 is 9.80 Å². The minimum absolute atomic E-state index is 0.110. The van der Waals surface area contributed by atoms with E-state index in [0.717, 1.165) is 17.5 Å². The van der Waals surface area contributed by atoms with Crippen LogP contribution in [-0.2, 0) is 11.2 Å². The van der Waals surface area contributed by atoms with Crippen LogP contribution in [0, 0.1) is 5.92 Å². The van der Waals surface area contributed by atoms with Crippen LogP contribution in [0.1, 0.15) is 29.4 Å². The molecule has 5 heteroatoms. The highest BCUT2D eigenvalue weighted by atomic mass is 16.2. The molecular weight excluding hydrogens is 398 g/mol. The molecule has 2 heterocycles. The van der Waals surface area contributed by atoms with E-state index in [1.54, 1.807) is 23.2 Å². The number of aromatic nitrogens is 1. The van der Waals surface area contributed by atoms with Gasteiger partial charge in [-0.1, -0.05) is 67.6 Å². The van der Waals surface area contributed by atoms with Crippen LogP contribution in [0.5, 0.6) is 0 Å². The van der Waals surface area contributed by atoms with Gasteiger partial charge in [-0.05, 0) is 41.7 Å². The van der Waals surface area contributed by atoms with E-state index in [1.165, 1.54) is 5.56 Å². The highest BCUT2D eigenvalue weighted by Crippen LogP contribution is 2.23. The van der Waals surface area contributed by atoms with Crippen LogP contribution in [0.3, 0.4) is 0 Å². The van der Waals surface area contributed by atoms with Crippen molar-refractivity contribution in [3.8, 4) is 11.1 Å². The molecule has 5 nitrogen and oxygen atoms in total. The molecule has 1 atom stereocenters. The summed E-state index contributed by atoms with van der Waals surface area (Å²) in [5, 5.41) is 0. The fourth-order valence-electron chi connectivity index (χ4n) is 4.27. The van der Waals surface area contributed by atoms with Crippen molar-refractivity contribution >= 4 is 11.8 Å². The summed E-state index contributed by atoms with van der Waals surface area (Å²) >= 11 is 0. The molecule has 0 bridgehead atoms. The van der Waals surface area contributed by atoms with Crippen molar-refractivity contribution in [3.05, 3.63) is 90.3 Å². The molecule has 32 heavy (non-hydrogen) atoms. The van der Waals surface area contributed by atoms with Gasteiger partial charge in [-0.3, -0.25) is 14.6 Å². The maximum Gasteiger partial charge on any atom is 0.272 e. The topological polar surface area (TPSA) is 53.5 Å². The van der Waals surface area contributed by atoms with E-state index in [0.29, 0.717) is 38.3 Å². The lowest BCUT2D eigenvalue weighted by Crippen LogP contribution is -2.38. The fourth-order valence-corrected chi connectivity index (χ4v) is 4.27. The van der Waals surface area contributed by atoms with Crippen molar-refractivity contribution in [2.24, 2.45) is 5.92 Å². The second-order valence-corrected chi connectivity index (χ2v) is 8.26. The molecule has 2 amide bonds. The molecule has 0 saturated carbocycles. The quantitative estimate of drug-likeness (QED) is 0.589. The lowest BCUT2D eigenvalue weighted by Gasteiger charge is -2.24. The summed E-state index contributed by atoms with van der Waals surface area (Å²) < 4.78 is 0. The first kappa shape index (κ1) is 21.8. The number of rotatable bonds is 6. The van der Waals surface area contributed by atoms with E-state index in [9.17, 15) is 9.59 Å². The summed E-state index contributed by atoms with van der Waals surface area (Å²) in [6.45, 7) is 4.30. The standard InChI is InChI=1S/C27H29N3O2/c1-2-16-29-17-18-30(27(32)25-10-6-7-15-28-25)20-24(26(29)31)19-21-11-13-23(14-12-21)22-8-4-3-5-9-22/h3-15,24H,2,16-20H2,1H3/t24-/m0/s1. The van der Waals surface area contributed by atoms with E-state index < -0.39 is 0 Å². The lowest BCUT2D eigenvalue weighted by atomic mass is 9.95. The number of hydrogen-bond donors (Lipinski definition) is 0. The molecule has 0 unspecified atom stereocenters. The molecule has 0 aliphatic carbocycles. The molecule has 0 radical (unpaired) electrons. The summed E-state index contributed by atoms with van der Waals surface area (Å²) in [6, 6.07) is 24.0. The molecule has 0 N–H and O–H groups in total. The Labute approximate surface area is 189 Å². The van der Waals surface area contributed by atoms with Gasteiger partial charge in [-0.25, -0.2) is 0 Å². The first-order chi connectivity index (χ1) is 15.7. The normalized spacial score (nSPS) is 16.7. The van der Waals surface area contributed by atoms with Gasteiger partial charge in [0.1, 0.15) is 5.69 Å². The average Bonchev–Trinajstić information content (AvgIpc) is 3.00. The van der Waals surface area contributed by atoms with Crippen LogP contribution in [0.4, 0.5) is 0 Å². The van der Waals surface area contributed by atoms with Crippen LogP contribution in [0.15, 0.2) is 79.0 Å². The Morgan fingerprint density at radius 3 is 2.34 bits per heavy atom. The molecule has 0 spiro atoms. The number of hydrogen-bond acceptors (Lipinski definition) is 3. The minimum atomic E-state index is -0.265. The summed E-state index contributed by atoms with van der Waals surface area (Å²) in [5.74, 6) is -0.240. The van der Waals surface area contributed by atoms with Gasteiger partial charge >= 0.3 is 0 Å². The Kier molecular flexibility index (Phi) is 6.95. The van der Waals surface area contributed by atoms with Crippen molar-refractivity contribution < 1.29 is 9.59 Å². The number of nitrogens with zero attached hydrogens (tertiary/aromatic N) is 3. The van der Waals surface area contributed by atoms with E-state index in [1.807, 2.05) is 29.2 Å². The van der Waals surface area contributed by atoms with Crippen molar-refractivity contribution in [1.82, 2.24) is 14.8 Å². The smallest absolute Gasteiger partial charge is 0.272 e. The van der Waals surface area contributed by atoms with Gasteiger partial charge in [0.25, 0.3) is 5.91 Å². The maximum atomic E-state index is 13.3. The van der Waals surface area contributed by atoms with Gasteiger partial charge in [-0.2, -0.15) is 0 Å². The molecule has 2 aromatic carbocycles. The number of pyridine rings is 1. The van der Waals surface area contributed by atoms with Crippen LogP contribution in [-0.4, -0.2) is 52.8 Å². The number of benzene rings is 2. The molecule has 4 rings (SSSR count). The highest BCUT2D eigenvalue weighted by Gasteiger charge is 2.32. The highest BCUT2D eigenvalue weighted by molar-refractivity contribution is 5.93. The first-order valence-corrected chi connectivity index (χ1v) is 11.3. The Morgan fingerprint density at radius 2 is 1.66 bits per heavy atom. The maximum absolute atomic E-state index is 13.3. The zero-order valence-electron chi connectivity index (χ0n) is 18.5. The minimum Gasteiger partial charge on any atom is -0.341 e. The third-order valence-electron chi connectivity index (χ3n) is 5.95. The molecule has 1 aliphatic rings. The van der Waals surface area contributed by atoms with Crippen LogP contribution in [0.2, 0.25) is 0 Å². The van der Waals surface area contributed by atoms with Gasteiger partial charge in [0.15, 0.2) is 0 Å². The van der Waals surface area contributed by atoms with Crippen LogP contribution < -0.4 is 0 Å². The van der Waals surface area contributed by atoms with Gasteiger partial charge in [0, 0.05) is 32.4 Å². The van der Waals surface area contributed by atoms with Crippen LogP contribution in [0.25, 0.3) is 11.1 Å². The second-order valence-electron chi connectivity index (χ2n) is 8.26. The molecule has 3 aromatic rings. The SMILES string of the molecule is CCCN1CCN(C(=O)c2ccccn2)C[C@H](Cc2ccc(-c3ccccc3)cc2)C1=O. The summed E-state index contributed by atoms with van der Waals surface area (Å²) in [5.41, 5.74) is 3.86. The predicted octanol–water partition coefficient (Wildman–Crippen LogP) is 4.30. The Morgan fingerprint density at radius 1 is 0.938 bits per heavy atom. The van der Waals surface area contributed by atoms with E-state index in [4.69, 9.17) is 0 Å². The van der Waals surface area contributed by atoms with E-state index in [-0.39, 0.29) is 17.7 Å². The first-order valence-electron chi connectivity index (χ1n) is 11.3. The summed E-state index contributed by atoms with van der Waals surface area (Å²) in [4.78, 5) is 34.3. The second kappa shape index (κ2) is 10.2. The monoisotopic (exact) mass is 427 g/mol. The number of carbonyl (C=O) groups is 2. The molecule has 1 aromatic heterocycles. The van der Waals surface area contributed by atoms with Crippen molar-refractivity contribution in [2.45, 2.75) is 19.8 Å². The van der Waals surface area contributed by atoms with Gasteiger partial charge in [0.2, 0.25) is 5.91 Å². The third kappa shape index (κ3) is 5.05. The molecule has 1 aliphatic heterocycles. The van der Waals surface area contributed by atoms with Gasteiger partial charge in [0.05, 0.1) is 5.92 Å². The molecule has 164 valence electrons. The Balaban J connectivity index is 1.53. The van der Waals surface area contributed by atoms with Gasteiger partial charge in [-0.15, -0.1) is 0 Å². The van der Waals surface area contributed by atoms with E-state index >= 15 is 0 Å². The Hall–Kier alpha value is -3.47. The Bertz CT molecular complexity index is 1040. The fraction of sp³-hybridized carbons (Fsp3) is 0.296. The van der Waals surface area contributed by atoms with Crippen LogP contribution >= 0.6 is 0 Å². The van der Waals surface area contributed by atoms with E-state index in [2.05, 4.69) is 48.3 Å². The lowest BCUT2D eigenvalue weighted by molar-refractivity contribution is -0.134. The molecule has 1 saturated heterocycles. The van der Waals surface area contributed by atoms with Crippen molar-refractivity contribution in [2.75, 3.05) is 26.2 Å². The summed E-state index contributed by atoms with van der Waals surface area (Å²) in [7, 11) is 0. The molecule has 1 fully saturated rings. The zero-order chi connectivity index (χ0) is 22.3. The number of amides is 2. The van der Waals surface area contributed by atoms with Crippen molar-refractivity contribution in [3.63, 3.8) is 0 Å². The largest absolute Gasteiger partial charge is 0.341 e.